The summed E-state index contributed by atoms with van der Waals surface area (Å²) in [4.78, 5) is 6.91. The van der Waals surface area contributed by atoms with Gasteiger partial charge in [-0.1, -0.05) is 18.2 Å². The van der Waals surface area contributed by atoms with Crippen LogP contribution in [0.25, 0.3) is 0 Å². The Morgan fingerprint density at radius 1 is 1.39 bits per heavy atom. The van der Waals surface area contributed by atoms with Gasteiger partial charge in [-0.25, -0.2) is 4.98 Å². The van der Waals surface area contributed by atoms with Gasteiger partial charge in [-0.3, -0.25) is 4.90 Å². The van der Waals surface area contributed by atoms with Crippen LogP contribution in [0.1, 0.15) is 10.6 Å². The van der Waals surface area contributed by atoms with E-state index >= 15 is 0 Å². The first-order valence-electron chi connectivity index (χ1n) is 5.48. The quantitative estimate of drug-likeness (QED) is 0.625. The van der Waals surface area contributed by atoms with Crippen LogP contribution in [0.4, 0.5) is 5.13 Å². The van der Waals surface area contributed by atoms with Crippen LogP contribution < -0.4 is 9.64 Å². The number of ether oxygens (including phenoxy) is 1. The van der Waals surface area contributed by atoms with Gasteiger partial charge in [-0.2, -0.15) is 5.26 Å². The monoisotopic (exact) mass is 259 g/mol. The molecule has 0 spiro atoms. The highest BCUT2D eigenvalue weighted by atomic mass is 32.1. The molecule has 0 saturated carbocycles. The lowest BCUT2D eigenvalue weighted by atomic mass is 10.3. The smallest absolute Gasteiger partial charge is 0.198 e. The molecule has 4 nitrogen and oxygen atoms in total. The molecule has 0 aliphatic heterocycles. The van der Waals surface area contributed by atoms with Crippen molar-refractivity contribution in [3.8, 4) is 11.9 Å². The molecule has 5 heteroatoms. The summed E-state index contributed by atoms with van der Waals surface area (Å²) in [5.74, 6) is 0.820. The van der Waals surface area contributed by atoms with Crippen molar-refractivity contribution in [1.82, 2.24) is 4.98 Å². The number of nitrogens with zero attached hydrogens (tertiary/aromatic N) is 3. The lowest BCUT2D eigenvalue weighted by molar-refractivity contribution is 0.301. The van der Waals surface area contributed by atoms with Crippen LogP contribution in [0.2, 0.25) is 0 Å². The second-order valence-electron chi connectivity index (χ2n) is 3.76. The molecule has 1 heterocycles. The summed E-state index contributed by atoms with van der Waals surface area (Å²) < 4.78 is 5.64. The van der Waals surface area contributed by atoms with Gasteiger partial charge >= 0.3 is 0 Å². The van der Waals surface area contributed by atoms with E-state index in [0.29, 0.717) is 11.7 Å². The summed E-state index contributed by atoms with van der Waals surface area (Å²) in [6, 6.07) is 9.62. The van der Waals surface area contributed by atoms with Crippen LogP contribution in [-0.2, 0) is 6.61 Å². The van der Waals surface area contributed by atoms with Crippen molar-refractivity contribution in [1.29, 1.82) is 5.26 Å². The Labute approximate surface area is 110 Å². The normalized spacial score (nSPS) is 9.83. The number of nitriles is 1. The molecule has 1 aromatic carbocycles. The lowest BCUT2D eigenvalue weighted by Gasteiger charge is -2.04. The summed E-state index contributed by atoms with van der Waals surface area (Å²) in [6.45, 7) is 2.40. The second-order valence-corrected chi connectivity index (χ2v) is 4.94. The molecule has 0 saturated heterocycles. The summed E-state index contributed by atoms with van der Waals surface area (Å²) in [7, 11) is 1.69. The molecule has 18 heavy (non-hydrogen) atoms. The van der Waals surface area contributed by atoms with E-state index < -0.39 is 0 Å². The Hall–Kier alpha value is -2.06. The van der Waals surface area contributed by atoms with Gasteiger partial charge in [0.1, 0.15) is 12.4 Å². The zero-order valence-corrected chi connectivity index (χ0v) is 11.1. The molecule has 2 aromatic rings. The average molecular weight is 259 g/mol. The van der Waals surface area contributed by atoms with Crippen molar-refractivity contribution >= 4 is 16.5 Å². The molecular weight excluding hydrogens is 246 g/mol. The first-order chi connectivity index (χ1) is 8.70. The van der Waals surface area contributed by atoms with E-state index in [2.05, 4.69) is 4.98 Å². The SMILES string of the molecule is Cc1sc(N(C)C#N)nc1COc1ccccc1. The first-order valence-corrected chi connectivity index (χ1v) is 6.30. The van der Waals surface area contributed by atoms with Crippen molar-refractivity contribution in [3.63, 3.8) is 0 Å². The zero-order chi connectivity index (χ0) is 13.0. The molecule has 92 valence electrons. The standard InChI is InChI=1S/C13H13N3OS/c1-10-12(15-13(18-10)16(2)9-14)8-17-11-6-4-3-5-7-11/h3-7H,8H2,1-2H3. The van der Waals surface area contributed by atoms with Crippen LogP contribution in [0, 0.1) is 18.4 Å². The molecule has 1 aromatic heterocycles. The molecule has 0 radical (unpaired) electrons. The minimum atomic E-state index is 0.422. The van der Waals surface area contributed by atoms with Crippen molar-refractivity contribution in [2.45, 2.75) is 13.5 Å². The molecule has 0 aliphatic carbocycles. The fraction of sp³-hybridized carbons (Fsp3) is 0.231. The van der Waals surface area contributed by atoms with E-state index in [4.69, 9.17) is 10.00 Å². The van der Waals surface area contributed by atoms with Gasteiger partial charge < -0.3 is 4.74 Å². The summed E-state index contributed by atoms with van der Waals surface area (Å²) in [6.07, 6.45) is 2.04. The van der Waals surface area contributed by atoms with Crippen molar-refractivity contribution in [3.05, 3.63) is 40.9 Å². The number of benzene rings is 1. The van der Waals surface area contributed by atoms with Crippen LogP contribution in [0.15, 0.2) is 30.3 Å². The Bertz CT molecular complexity index is 559. The van der Waals surface area contributed by atoms with E-state index in [-0.39, 0.29) is 0 Å². The molecular formula is C13H13N3OS. The molecule has 2 rings (SSSR count). The minimum absolute atomic E-state index is 0.422. The molecule has 0 amide bonds. The highest BCUT2D eigenvalue weighted by Crippen LogP contribution is 2.25. The third-order valence-electron chi connectivity index (χ3n) is 2.44. The van der Waals surface area contributed by atoms with Crippen LogP contribution >= 0.6 is 11.3 Å². The maximum atomic E-state index is 8.81. The number of anilines is 1. The Morgan fingerprint density at radius 2 is 2.11 bits per heavy atom. The number of aromatic nitrogens is 1. The van der Waals surface area contributed by atoms with Crippen molar-refractivity contribution < 1.29 is 4.74 Å². The van der Waals surface area contributed by atoms with Crippen molar-refractivity contribution in [2.24, 2.45) is 0 Å². The Kier molecular flexibility index (Phi) is 3.80. The van der Waals surface area contributed by atoms with Gasteiger partial charge in [-0.05, 0) is 19.1 Å². The number of rotatable bonds is 4. The highest BCUT2D eigenvalue weighted by molar-refractivity contribution is 7.15. The Morgan fingerprint density at radius 3 is 2.78 bits per heavy atom. The van der Waals surface area contributed by atoms with Gasteiger partial charge in [-0.15, -0.1) is 11.3 Å². The average Bonchev–Trinajstić information content (AvgIpc) is 2.78. The predicted molar refractivity (Wildman–Crippen MR) is 71.6 cm³/mol. The van der Waals surface area contributed by atoms with Gasteiger partial charge in [0, 0.05) is 11.9 Å². The molecule has 0 atom stereocenters. The number of hydrogen-bond donors (Lipinski definition) is 0. The maximum Gasteiger partial charge on any atom is 0.198 e. The predicted octanol–water partition coefficient (Wildman–Crippen LogP) is 2.95. The summed E-state index contributed by atoms with van der Waals surface area (Å²) in [5, 5.41) is 9.50. The van der Waals surface area contributed by atoms with E-state index in [9.17, 15) is 0 Å². The van der Waals surface area contributed by atoms with Gasteiger partial charge in [0.15, 0.2) is 11.3 Å². The number of hydrogen-bond acceptors (Lipinski definition) is 5. The topological polar surface area (TPSA) is 49.2 Å². The van der Waals surface area contributed by atoms with Gasteiger partial charge in [0.05, 0.1) is 5.69 Å². The van der Waals surface area contributed by atoms with Gasteiger partial charge in [0.2, 0.25) is 0 Å². The molecule has 0 aliphatic rings. The Balaban J connectivity index is 2.06. The number of aryl methyl sites for hydroxylation is 1. The van der Waals surface area contributed by atoms with Crippen LogP contribution in [-0.4, -0.2) is 12.0 Å². The number of para-hydroxylation sites is 1. The molecule has 0 N–H and O–H groups in total. The molecule has 0 unspecified atom stereocenters. The van der Waals surface area contributed by atoms with E-state index in [1.54, 1.807) is 7.05 Å². The fourth-order valence-corrected chi connectivity index (χ4v) is 2.23. The maximum absolute atomic E-state index is 8.81. The highest BCUT2D eigenvalue weighted by Gasteiger charge is 2.11. The largest absolute Gasteiger partial charge is 0.487 e. The number of thiazole rings is 1. The lowest BCUT2D eigenvalue weighted by Crippen LogP contribution is -2.07. The molecule has 0 fully saturated rings. The third-order valence-corrected chi connectivity index (χ3v) is 3.53. The van der Waals surface area contributed by atoms with E-state index in [1.165, 1.54) is 16.2 Å². The fourth-order valence-electron chi connectivity index (χ4n) is 1.40. The second kappa shape index (κ2) is 5.52. The minimum Gasteiger partial charge on any atom is -0.487 e. The first kappa shape index (κ1) is 12.4. The summed E-state index contributed by atoms with van der Waals surface area (Å²) in [5.41, 5.74) is 0.876. The van der Waals surface area contributed by atoms with E-state index in [1.807, 2.05) is 43.4 Å². The molecule has 0 bridgehead atoms. The van der Waals surface area contributed by atoms with Crippen LogP contribution in [0.5, 0.6) is 5.75 Å². The van der Waals surface area contributed by atoms with Crippen molar-refractivity contribution in [2.75, 3.05) is 11.9 Å². The van der Waals surface area contributed by atoms with Gasteiger partial charge in [0.25, 0.3) is 0 Å². The summed E-state index contributed by atoms with van der Waals surface area (Å²) >= 11 is 1.49. The third kappa shape index (κ3) is 2.79. The van der Waals surface area contributed by atoms with E-state index in [0.717, 1.165) is 16.3 Å². The van der Waals surface area contributed by atoms with Crippen LogP contribution in [0.3, 0.4) is 0 Å². The zero-order valence-electron chi connectivity index (χ0n) is 10.3.